The zero-order valence-electron chi connectivity index (χ0n) is 7.43. The van der Waals surface area contributed by atoms with E-state index < -0.39 is 0 Å². The van der Waals surface area contributed by atoms with Gasteiger partial charge in [-0.3, -0.25) is 9.59 Å². The second kappa shape index (κ2) is 3.49. The Kier molecular flexibility index (Phi) is 2.18. The van der Waals surface area contributed by atoms with E-state index in [9.17, 15) is 9.59 Å². The summed E-state index contributed by atoms with van der Waals surface area (Å²) in [5, 5.41) is 4.96. The smallest absolute Gasteiger partial charge is 0.212 e. The van der Waals surface area contributed by atoms with Gasteiger partial charge < -0.3 is 15.2 Å². The summed E-state index contributed by atoms with van der Waals surface area (Å²) < 4.78 is 1.86. The summed E-state index contributed by atoms with van der Waals surface area (Å²) in [6, 6.07) is 0.409. The molecule has 6 nitrogen and oxygen atoms in total. The topological polar surface area (TPSA) is 76.0 Å². The molecule has 1 saturated carbocycles. The SMILES string of the molecule is O=CNc1ncn(C2CC2)c1NC=O. The highest BCUT2D eigenvalue weighted by molar-refractivity contribution is 5.82. The minimum atomic E-state index is 0.388. The molecule has 1 aliphatic carbocycles. The van der Waals surface area contributed by atoms with Gasteiger partial charge in [0, 0.05) is 6.04 Å². The predicted molar refractivity (Wildman–Crippen MR) is 49.9 cm³/mol. The summed E-state index contributed by atoms with van der Waals surface area (Å²) in [6.45, 7) is 0. The van der Waals surface area contributed by atoms with Crippen molar-refractivity contribution in [1.82, 2.24) is 9.55 Å². The summed E-state index contributed by atoms with van der Waals surface area (Å²) >= 11 is 0. The molecule has 6 heteroatoms. The summed E-state index contributed by atoms with van der Waals surface area (Å²) in [5.74, 6) is 0.939. The fraction of sp³-hybridized carbons (Fsp3) is 0.375. The molecule has 2 rings (SSSR count). The van der Waals surface area contributed by atoms with Crippen LogP contribution in [-0.4, -0.2) is 22.4 Å². The van der Waals surface area contributed by atoms with Crippen LogP contribution < -0.4 is 10.6 Å². The van der Waals surface area contributed by atoms with Crippen LogP contribution in [0.3, 0.4) is 0 Å². The van der Waals surface area contributed by atoms with E-state index in [2.05, 4.69) is 15.6 Å². The Morgan fingerprint density at radius 3 is 2.64 bits per heavy atom. The molecule has 0 aliphatic heterocycles. The maximum Gasteiger partial charge on any atom is 0.212 e. The largest absolute Gasteiger partial charge is 0.312 e. The number of nitrogens with one attached hydrogen (secondary N) is 2. The molecule has 1 aromatic rings. The lowest BCUT2D eigenvalue weighted by Crippen LogP contribution is -2.05. The van der Waals surface area contributed by atoms with E-state index in [-0.39, 0.29) is 0 Å². The van der Waals surface area contributed by atoms with Gasteiger partial charge in [0.15, 0.2) is 11.6 Å². The van der Waals surface area contributed by atoms with E-state index >= 15 is 0 Å². The highest BCUT2D eigenvalue weighted by Crippen LogP contribution is 2.38. The number of carbonyl (C=O) groups is 2. The number of hydrogen-bond acceptors (Lipinski definition) is 3. The molecule has 0 radical (unpaired) electrons. The third kappa shape index (κ3) is 1.46. The number of carbonyl (C=O) groups excluding carboxylic acids is 2. The standard InChI is InChI=1S/C8H10N4O2/c13-4-10-7-8(11-5-14)12(3-9-7)6-1-2-6/h3-6H,1-2H2,(H,10,13)(H,11,14). The molecule has 0 saturated heterocycles. The van der Waals surface area contributed by atoms with Gasteiger partial charge >= 0.3 is 0 Å². The molecule has 0 bridgehead atoms. The Morgan fingerprint density at radius 2 is 2.07 bits per heavy atom. The zero-order chi connectivity index (χ0) is 9.97. The first-order valence-corrected chi connectivity index (χ1v) is 4.34. The molecule has 0 aromatic carbocycles. The maximum atomic E-state index is 10.4. The van der Waals surface area contributed by atoms with Crippen molar-refractivity contribution in [3.05, 3.63) is 6.33 Å². The first-order valence-electron chi connectivity index (χ1n) is 4.34. The lowest BCUT2D eigenvalue weighted by Gasteiger charge is -2.05. The van der Waals surface area contributed by atoms with Crippen LogP contribution in [0.1, 0.15) is 18.9 Å². The summed E-state index contributed by atoms with van der Waals surface area (Å²) in [4.78, 5) is 24.6. The van der Waals surface area contributed by atoms with E-state index in [4.69, 9.17) is 0 Å². The minimum Gasteiger partial charge on any atom is -0.312 e. The molecule has 1 aliphatic rings. The predicted octanol–water partition coefficient (Wildman–Crippen LogP) is 0.355. The number of anilines is 2. The molecule has 1 aromatic heterocycles. The Morgan fingerprint density at radius 1 is 1.36 bits per heavy atom. The number of imidazole rings is 1. The van der Waals surface area contributed by atoms with Crippen LogP contribution in [0.5, 0.6) is 0 Å². The van der Waals surface area contributed by atoms with Crippen LogP contribution in [0, 0.1) is 0 Å². The van der Waals surface area contributed by atoms with Crippen LogP contribution in [0.25, 0.3) is 0 Å². The molecule has 0 unspecified atom stereocenters. The average Bonchev–Trinajstić information content (AvgIpc) is 2.94. The molecule has 0 spiro atoms. The number of hydrogen-bond donors (Lipinski definition) is 2. The molecular formula is C8H10N4O2. The molecule has 1 fully saturated rings. The van der Waals surface area contributed by atoms with Crippen molar-refractivity contribution < 1.29 is 9.59 Å². The molecule has 2 amide bonds. The van der Waals surface area contributed by atoms with Crippen molar-refractivity contribution in [2.45, 2.75) is 18.9 Å². The van der Waals surface area contributed by atoms with Crippen molar-refractivity contribution in [2.24, 2.45) is 0 Å². The van der Waals surface area contributed by atoms with Crippen LogP contribution in [-0.2, 0) is 9.59 Å². The second-order valence-corrected chi connectivity index (χ2v) is 3.10. The van der Waals surface area contributed by atoms with Gasteiger partial charge in [0.2, 0.25) is 12.8 Å². The molecule has 14 heavy (non-hydrogen) atoms. The lowest BCUT2D eigenvalue weighted by molar-refractivity contribution is -0.106. The average molecular weight is 194 g/mol. The third-order valence-corrected chi connectivity index (χ3v) is 2.13. The van der Waals surface area contributed by atoms with E-state index in [1.54, 1.807) is 6.33 Å². The van der Waals surface area contributed by atoms with Gasteiger partial charge in [0.05, 0.1) is 6.33 Å². The number of rotatable bonds is 5. The normalized spacial score (nSPS) is 14.9. The number of amides is 2. The molecule has 2 N–H and O–H groups in total. The highest BCUT2D eigenvalue weighted by atomic mass is 16.1. The van der Waals surface area contributed by atoms with Gasteiger partial charge in [0.1, 0.15) is 0 Å². The summed E-state index contributed by atoms with van der Waals surface area (Å²) in [6.07, 6.45) is 4.91. The lowest BCUT2D eigenvalue weighted by atomic mass is 10.5. The van der Waals surface area contributed by atoms with E-state index in [0.717, 1.165) is 12.8 Å². The summed E-state index contributed by atoms with van der Waals surface area (Å²) in [5.41, 5.74) is 0. The van der Waals surface area contributed by atoms with Crippen molar-refractivity contribution in [3.8, 4) is 0 Å². The van der Waals surface area contributed by atoms with Gasteiger partial charge in [-0.2, -0.15) is 0 Å². The first kappa shape index (κ1) is 8.74. The van der Waals surface area contributed by atoms with Crippen molar-refractivity contribution >= 4 is 24.5 Å². The van der Waals surface area contributed by atoms with E-state index in [0.29, 0.717) is 30.5 Å². The Labute approximate surface area is 80.3 Å². The number of nitrogens with zero attached hydrogens (tertiary/aromatic N) is 2. The molecular weight excluding hydrogens is 184 g/mol. The molecule has 1 heterocycles. The third-order valence-electron chi connectivity index (χ3n) is 2.13. The second-order valence-electron chi connectivity index (χ2n) is 3.10. The fourth-order valence-corrected chi connectivity index (χ4v) is 1.35. The van der Waals surface area contributed by atoms with Crippen LogP contribution in [0.2, 0.25) is 0 Å². The van der Waals surface area contributed by atoms with Crippen molar-refractivity contribution in [3.63, 3.8) is 0 Å². The summed E-state index contributed by atoms with van der Waals surface area (Å²) in [7, 11) is 0. The highest BCUT2D eigenvalue weighted by Gasteiger charge is 2.27. The molecule has 74 valence electrons. The van der Waals surface area contributed by atoms with Gasteiger partial charge in [-0.1, -0.05) is 0 Å². The minimum absolute atomic E-state index is 0.388. The van der Waals surface area contributed by atoms with E-state index in [1.807, 2.05) is 4.57 Å². The van der Waals surface area contributed by atoms with Crippen LogP contribution >= 0.6 is 0 Å². The van der Waals surface area contributed by atoms with Crippen LogP contribution in [0.4, 0.5) is 11.6 Å². The monoisotopic (exact) mass is 194 g/mol. The van der Waals surface area contributed by atoms with E-state index in [1.165, 1.54) is 0 Å². The quantitative estimate of drug-likeness (QED) is 0.664. The van der Waals surface area contributed by atoms with Gasteiger partial charge in [-0.15, -0.1) is 0 Å². The Hall–Kier alpha value is -1.85. The zero-order valence-corrected chi connectivity index (χ0v) is 7.43. The van der Waals surface area contributed by atoms with Gasteiger partial charge in [0.25, 0.3) is 0 Å². The Bertz CT molecular complexity index is 356. The maximum absolute atomic E-state index is 10.4. The van der Waals surface area contributed by atoms with Gasteiger partial charge in [-0.25, -0.2) is 4.98 Å². The van der Waals surface area contributed by atoms with Crippen LogP contribution in [0.15, 0.2) is 6.33 Å². The number of aromatic nitrogens is 2. The van der Waals surface area contributed by atoms with Gasteiger partial charge in [-0.05, 0) is 12.8 Å². The first-order chi connectivity index (χ1) is 6.86. The van der Waals surface area contributed by atoms with Crippen molar-refractivity contribution in [2.75, 3.05) is 10.6 Å². The fourth-order valence-electron chi connectivity index (χ4n) is 1.35. The van der Waals surface area contributed by atoms with Crippen molar-refractivity contribution in [1.29, 1.82) is 0 Å². The molecule has 0 atom stereocenters. The Balaban J connectivity index is 2.29.